The van der Waals surface area contributed by atoms with Crippen molar-refractivity contribution in [3.05, 3.63) is 46.6 Å². The summed E-state index contributed by atoms with van der Waals surface area (Å²) in [6.07, 6.45) is 10.3. The Bertz CT molecular complexity index is 895. The van der Waals surface area contributed by atoms with Crippen LogP contribution in [0.15, 0.2) is 35.4 Å². The predicted molar refractivity (Wildman–Crippen MR) is 141 cm³/mol. The van der Waals surface area contributed by atoms with Gasteiger partial charge in [0.2, 0.25) is 0 Å². The Morgan fingerprint density at radius 2 is 1.89 bits per heavy atom. The second-order valence-corrected chi connectivity index (χ2v) is 9.23. The number of nitrogens with one attached hydrogen (secondary N) is 3. The number of anilines is 2. The first-order chi connectivity index (χ1) is 17.2. The second kappa shape index (κ2) is 15.6. The molecule has 0 aliphatic carbocycles. The zero-order valence-electron chi connectivity index (χ0n) is 21.5. The molecule has 0 saturated carbocycles. The quantitative estimate of drug-likeness (QED) is 0.313. The van der Waals surface area contributed by atoms with Crippen molar-refractivity contribution in [1.29, 1.82) is 0 Å². The average Bonchev–Trinajstić information content (AvgIpc) is 2.88. The number of nitrogens with zero attached hydrogens (tertiary/aromatic N) is 4. The van der Waals surface area contributed by atoms with E-state index in [1.54, 1.807) is 10.8 Å². The lowest BCUT2D eigenvalue weighted by Gasteiger charge is -2.31. The van der Waals surface area contributed by atoms with E-state index in [4.69, 9.17) is 4.74 Å². The monoisotopic (exact) mass is 485 g/mol. The molecule has 0 spiro atoms. The number of aromatic nitrogens is 3. The van der Waals surface area contributed by atoms with Crippen molar-refractivity contribution < 1.29 is 4.74 Å². The fourth-order valence-corrected chi connectivity index (χ4v) is 4.24. The molecule has 0 amide bonds. The van der Waals surface area contributed by atoms with E-state index in [1.807, 2.05) is 31.4 Å². The van der Waals surface area contributed by atoms with Crippen LogP contribution in [-0.2, 0) is 17.9 Å². The Hall–Kier alpha value is -2.33. The van der Waals surface area contributed by atoms with Crippen LogP contribution in [0.5, 0.6) is 0 Å². The molecule has 2 aromatic rings. The zero-order chi connectivity index (χ0) is 24.7. The number of piperidine rings is 1. The summed E-state index contributed by atoms with van der Waals surface area (Å²) in [5.41, 5.74) is 0.787. The van der Waals surface area contributed by atoms with Crippen LogP contribution >= 0.6 is 0 Å². The highest BCUT2D eigenvalue weighted by molar-refractivity contribution is 5.50. The third-order valence-electron chi connectivity index (χ3n) is 6.41. The van der Waals surface area contributed by atoms with Crippen LogP contribution in [0.25, 0.3) is 0 Å². The van der Waals surface area contributed by atoms with Crippen molar-refractivity contribution in [2.45, 2.75) is 64.6 Å². The first-order valence-corrected chi connectivity index (χ1v) is 13.2. The van der Waals surface area contributed by atoms with E-state index in [2.05, 4.69) is 37.7 Å². The predicted octanol–water partition coefficient (Wildman–Crippen LogP) is 2.75. The molecule has 0 atom stereocenters. The summed E-state index contributed by atoms with van der Waals surface area (Å²) in [6.45, 7) is 9.59. The largest absolute Gasteiger partial charge is 0.377 e. The molecule has 194 valence electrons. The van der Waals surface area contributed by atoms with Crippen molar-refractivity contribution in [1.82, 2.24) is 30.1 Å². The summed E-state index contributed by atoms with van der Waals surface area (Å²) in [7, 11) is 2.05. The van der Waals surface area contributed by atoms with Gasteiger partial charge in [-0.05, 0) is 96.0 Å². The van der Waals surface area contributed by atoms with Gasteiger partial charge in [-0.25, -0.2) is 9.78 Å². The summed E-state index contributed by atoms with van der Waals surface area (Å²) >= 11 is 0. The number of likely N-dealkylation sites (tertiary alicyclic amines) is 1. The van der Waals surface area contributed by atoms with Gasteiger partial charge in [-0.2, -0.15) is 4.98 Å². The van der Waals surface area contributed by atoms with Crippen molar-refractivity contribution in [3.63, 3.8) is 0 Å². The summed E-state index contributed by atoms with van der Waals surface area (Å²) in [4.78, 5) is 23.6. The van der Waals surface area contributed by atoms with Gasteiger partial charge in [-0.15, -0.1) is 0 Å². The summed E-state index contributed by atoms with van der Waals surface area (Å²) in [5, 5.41) is 9.85. The normalized spacial score (nSPS) is 14.9. The van der Waals surface area contributed by atoms with E-state index in [0.29, 0.717) is 30.8 Å². The lowest BCUT2D eigenvalue weighted by atomic mass is 10.1. The Morgan fingerprint density at radius 1 is 1.06 bits per heavy atom. The van der Waals surface area contributed by atoms with Crippen LogP contribution in [0.2, 0.25) is 0 Å². The average molecular weight is 486 g/mol. The van der Waals surface area contributed by atoms with E-state index >= 15 is 0 Å². The zero-order valence-corrected chi connectivity index (χ0v) is 21.5. The van der Waals surface area contributed by atoms with E-state index in [1.165, 1.54) is 12.8 Å². The van der Waals surface area contributed by atoms with Gasteiger partial charge in [0, 0.05) is 31.6 Å². The van der Waals surface area contributed by atoms with Crippen LogP contribution < -0.4 is 21.6 Å². The SMILES string of the molecule is CCCNCCCOCc1ccc(Nc2ccn(CCCCN3CCC(NC)CC3)c(=O)n2)nc1. The molecule has 1 saturated heterocycles. The molecule has 0 aromatic carbocycles. The minimum Gasteiger partial charge on any atom is -0.377 e. The Labute approximate surface area is 209 Å². The van der Waals surface area contributed by atoms with Crippen molar-refractivity contribution in [3.8, 4) is 0 Å². The topological polar surface area (TPSA) is 96.3 Å². The molecule has 0 unspecified atom stereocenters. The Morgan fingerprint density at radius 3 is 2.60 bits per heavy atom. The van der Waals surface area contributed by atoms with Gasteiger partial charge < -0.3 is 25.6 Å². The van der Waals surface area contributed by atoms with Gasteiger partial charge in [-0.3, -0.25) is 4.57 Å². The van der Waals surface area contributed by atoms with Gasteiger partial charge in [0.15, 0.2) is 0 Å². The molecule has 2 aromatic heterocycles. The third kappa shape index (κ3) is 10.0. The number of aryl methyl sites for hydroxylation is 1. The molecule has 9 nitrogen and oxygen atoms in total. The molecule has 0 radical (unpaired) electrons. The van der Waals surface area contributed by atoms with Gasteiger partial charge in [0.1, 0.15) is 11.6 Å². The smallest absolute Gasteiger partial charge is 0.349 e. The fraction of sp³-hybridized carbons (Fsp3) is 0.654. The Balaban J connectivity index is 1.34. The van der Waals surface area contributed by atoms with Crippen LogP contribution in [0, 0.1) is 0 Å². The maximum atomic E-state index is 12.4. The number of hydrogen-bond donors (Lipinski definition) is 3. The molecule has 3 rings (SSSR count). The van der Waals surface area contributed by atoms with Crippen LogP contribution in [-0.4, -0.2) is 71.9 Å². The highest BCUT2D eigenvalue weighted by Crippen LogP contribution is 2.13. The Kier molecular flexibility index (Phi) is 12.2. The van der Waals surface area contributed by atoms with Crippen molar-refractivity contribution in [2.75, 3.05) is 51.7 Å². The number of unbranched alkanes of at least 4 members (excludes halogenated alkanes) is 1. The molecule has 1 aliphatic rings. The van der Waals surface area contributed by atoms with E-state index < -0.39 is 0 Å². The highest BCUT2D eigenvalue weighted by atomic mass is 16.5. The van der Waals surface area contributed by atoms with Crippen molar-refractivity contribution in [2.24, 2.45) is 0 Å². The van der Waals surface area contributed by atoms with Gasteiger partial charge in [0.05, 0.1) is 6.61 Å². The summed E-state index contributed by atoms with van der Waals surface area (Å²) in [6, 6.07) is 6.36. The lowest BCUT2D eigenvalue weighted by molar-refractivity contribution is 0.118. The highest BCUT2D eigenvalue weighted by Gasteiger charge is 2.16. The standard InChI is InChI=1S/C26H43N7O2/c1-3-12-28-13-6-19-35-21-22-7-8-24(29-20-22)30-25-11-18-33(26(34)31-25)15-5-4-14-32-16-9-23(27-2)10-17-32/h7-8,11,18,20,23,27-28H,3-6,9-10,12-17,19,21H2,1-2H3,(H,29,30,31,34). The first-order valence-electron chi connectivity index (χ1n) is 13.2. The molecule has 9 heteroatoms. The first kappa shape index (κ1) is 27.3. The molecular weight excluding hydrogens is 442 g/mol. The van der Waals surface area contributed by atoms with Crippen LogP contribution in [0.4, 0.5) is 11.6 Å². The number of ether oxygens (including phenoxy) is 1. The number of hydrogen-bond acceptors (Lipinski definition) is 8. The summed E-state index contributed by atoms with van der Waals surface area (Å²) < 4.78 is 7.39. The maximum absolute atomic E-state index is 12.4. The second-order valence-electron chi connectivity index (χ2n) is 9.23. The molecule has 1 fully saturated rings. The number of pyridine rings is 1. The fourth-order valence-electron chi connectivity index (χ4n) is 4.24. The molecule has 3 N–H and O–H groups in total. The molecule has 35 heavy (non-hydrogen) atoms. The van der Waals surface area contributed by atoms with Gasteiger partial charge in [0.25, 0.3) is 0 Å². The molecule has 3 heterocycles. The van der Waals surface area contributed by atoms with Gasteiger partial charge >= 0.3 is 5.69 Å². The van der Waals surface area contributed by atoms with E-state index in [0.717, 1.165) is 70.6 Å². The lowest BCUT2D eigenvalue weighted by Crippen LogP contribution is -2.41. The van der Waals surface area contributed by atoms with Gasteiger partial charge in [-0.1, -0.05) is 13.0 Å². The number of rotatable bonds is 16. The van der Waals surface area contributed by atoms with E-state index in [-0.39, 0.29) is 5.69 Å². The molecular formula is C26H43N7O2. The van der Waals surface area contributed by atoms with Crippen LogP contribution in [0.1, 0.15) is 51.0 Å². The minimum absolute atomic E-state index is 0.233. The maximum Gasteiger partial charge on any atom is 0.349 e. The van der Waals surface area contributed by atoms with Crippen LogP contribution in [0.3, 0.4) is 0 Å². The molecule has 1 aliphatic heterocycles. The summed E-state index contributed by atoms with van der Waals surface area (Å²) in [5.74, 6) is 1.17. The van der Waals surface area contributed by atoms with E-state index in [9.17, 15) is 4.79 Å². The minimum atomic E-state index is -0.233. The van der Waals surface area contributed by atoms with Crippen molar-refractivity contribution >= 4 is 11.6 Å². The molecule has 0 bridgehead atoms. The third-order valence-corrected chi connectivity index (χ3v) is 6.41.